The van der Waals surface area contributed by atoms with Crippen LogP contribution in [-0.4, -0.2) is 23.0 Å². The molecule has 1 fully saturated rings. The first-order valence-electron chi connectivity index (χ1n) is 7.18. The predicted molar refractivity (Wildman–Crippen MR) is 76.7 cm³/mol. The second-order valence-corrected chi connectivity index (χ2v) is 5.54. The van der Waals surface area contributed by atoms with E-state index in [0.29, 0.717) is 11.5 Å². The van der Waals surface area contributed by atoms with E-state index in [1.807, 2.05) is 6.92 Å². The summed E-state index contributed by atoms with van der Waals surface area (Å²) in [5, 5.41) is 12.1. The quantitative estimate of drug-likeness (QED) is 0.868. The van der Waals surface area contributed by atoms with Crippen molar-refractivity contribution in [3.63, 3.8) is 0 Å². The first-order chi connectivity index (χ1) is 9.58. The number of benzene rings is 1. The van der Waals surface area contributed by atoms with Crippen LogP contribution < -0.4 is 5.32 Å². The van der Waals surface area contributed by atoms with Gasteiger partial charge in [-0.2, -0.15) is 0 Å². The van der Waals surface area contributed by atoms with Gasteiger partial charge in [0.25, 0.3) is 0 Å². The molecule has 108 valence electrons. The molecule has 0 spiro atoms. The summed E-state index contributed by atoms with van der Waals surface area (Å²) in [6.07, 6.45) is 4.96. The van der Waals surface area contributed by atoms with E-state index in [2.05, 4.69) is 5.32 Å². The van der Waals surface area contributed by atoms with Gasteiger partial charge in [0.15, 0.2) is 0 Å². The lowest BCUT2D eigenvalue weighted by molar-refractivity contribution is -0.121. The van der Waals surface area contributed by atoms with Crippen LogP contribution >= 0.6 is 0 Å². The lowest BCUT2D eigenvalue weighted by Gasteiger charge is -2.20. The van der Waals surface area contributed by atoms with Crippen LogP contribution in [0.1, 0.15) is 48.5 Å². The summed E-state index contributed by atoms with van der Waals surface area (Å²) in [7, 11) is 0. The first kappa shape index (κ1) is 14.6. The highest BCUT2D eigenvalue weighted by molar-refractivity contribution is 5.91. The highest BCUT2D eigenvalue weighted by atomic mass is 16.4. The summed E-state index contributed by atoms with van der Waals surface area (Å²) in [5.41, 5.74) is 0.771. The second-order valence-electron chi connectivity index (χ2n) is 5.54. The van der Waals surface area contributed by atoms with E-state index in [1.165, 1.54) is 31.7 Å². The molecule has 1 amide bonds. The molecule has 0 aromatic heterocycles. The van der Waals surface area contributed by atoms with Crippen molar-refractivity contribution in [3.05, 3.63) is 35.4 Å². The molecule has 2 rings (SSSR count). The number of amides is 1. The number of carbonyl (C=O) groups is 2. The van der Waals surface area contributed by atoms with Gasteiger partial charge < -0.3 is 10.4 Å². The molecule has 0 saturated heterocycles. The first-order valence-corrected chi connectivity index (χ1v) is 7.18. The number of carbonyl (C=O) groups excluding carboxylic acids is 1. The Bertz CT molecular complexity index is 492. The van der Waals surface area contributed by atoms with Gasteiger partial charge in [0.1, 0.15) is 0 Å². The van der Waals surface area contributed by atoms with E-state index < -0.39 is 5.97 Å². The Balaban J connectivity index is 1.96. The minimum Gasteiger partial charge on any atom is -0.478 e. The number of hydrogen-bond donors (Lipinski definition) is 2. The van der Waals surface area contributed by atoms with Crippen molar-refractivity contribution in [2.45, 2.75) is 45.1 Å². The summed E-state index contributed by atoms with van der Waals surface area (Å²) in [4.78, 5) is 23.2. The fraction of sp³-hybridized carbons (Fsp3) is 0.500. The van der Waals surface area contributed by atoms with Crippen molar-refractivity contribution in [1.29, 1.82) is 0 Å². The predicted octanol–water partition coefficient (Wildman–Crippen LogP) is 2.62. The van der Waals surface area contributed by atoms with Crippen LogP contribution in [0, 0.1) is 5.92 Å². The SMILES string of the molecule is CC(NC(=O)Cc1ccccc1C(=O)O)C1CCCC1. The van der Waals surface area contributed by atoms with E-state index >= 15 is 0 Å². The molecule has 0 bridgehead atoms. The highest BCUT2D eigenvalue weighted by Gasteiger charge is 2.23. The number of rotatable bonds is 5. The summed E-state index contributed by atoms with van der Waals surface area (Å²) >= 11 is 0. The average molecular weight is 275 g/mol. The Morgan fingerprint density at radius 3 is 2.60 bits per heavy atom. The van der Waals surface area contributed by atoms with Crippen LogP contribution in [0.4, 0.5) is 0 Å². The highest BCUT2D eigenvalue weighted by Crippen LogP contribution is 2.27. The van der Waals surface area contributed by atoms with E-state index in [1.54, 1.807) is 18.2 Å². The topological polar surface area (TPSA) is 66.4 Å². The van der Waals surface area contributed by atoms with Crippen LogP contribution in [0.15, 0.2) is 24.3 Å². The summed E-state index contributed by atoms with van der Waals surface area (Å²) in [6, 6.07) is 6.83. The molecule has 4 heteroatoms. The summed E-state index contributed by atoms with van der Waals surface area (Å²) in [6.45, 7) is 2.04. The van der Waals surface area contributed by atoms with Gasteiger partial charge in [0, 0.05) is 6.04 Å². The number of carboxylic acids is 1. The molecule has 1 unspecified atom stereocenters. The Morgan fingerprint density at radius 1 is 1.30 bits per heavy atom. The van der Waals surface area contributed by atoms with Crippen LogP contribution in [0.2, 0.25) is 0 Å². The lowest BCUT2D eigenvalue weighted by atomic mass is 9.99. The molecule has 0 heterocycles. The van der Waals surface area contributed by atoms with Crippen LogP contribution in [0.5, 0.6) is 0 Å². The van der Waals surface area contributed by atoms with Crippen molar-refractivity contribution in [3.8, 4) is 0 Å². The minimum absolute atomic E-state index is 0.0990. The third-order valence-corrected chi connectivity index (χ3v) is 4.09. The molecule has 2 N–H and O–H groups in total. The fourth-order valence-electron chi connectivity index (χ4n) is 2.94. The van der Waals surface area contributed by atoms with Crippen LogP contribution in [-0.2, 0) is 11.2 Å². The van der Waals surface area contributed by atoms with Crippen molar-refractivity contribution >= 4 is 11.9 Å². The number of carboxylic acid groups (broad SMARTS) is 1. The largest absolute Gasteiger partial charge is 0.478 e. The van der Waals surface area contributed by atoms with Crippen molar-refractivity contribution < 1.29 is 14.7 Å². The Labute approximate surface area is 119 Å². The van der Waals surface area contributed by atoms with Crippen molar-refractivity contribution in [1.82, 2.24) is 5.32 Å². The second kappa shape index (κ2) is 6.55. The maximum Gasteiger partial charge on any atom is 0.335 e. The molecule has 1 saturated carbocycles. The van der Waals surface area contributed by atoms with Gasteiger partial charge in [-0.25, -0.2) is 4.79 Å². The standard InChI is InChI=1S/C16H21NO3/c1-11(12-6-2-3-7-12)17-15(18)10-13-8-4-5-9-14(13)16(19)20/h4-5,8-9,11-12H,2-3,6-7,10H2,1H3,(H,17,18)(H,19,20). The van der Waals surface area contributed by atoms with Crippen molar-refractivity contribution in [2.75, 3.05) is 0 Å². The van der Waals surface area contributed by atoms with E-state index in [9.17, 15) is 9.59 Å². The zero-order chi connectivity index (χ0) is 14.5. The Kier molecular flexibility index (Phi) is 4.77. The minimum atomic E-state index is -0.989. The Hall–Kier alpha value is -1.84. The molecule has 4 nitrogen and oxygen atoms in total. The molecule has 0 radical (unpaired) electrons. The fourth-order valence-corrected chi connectivity index (χ4v) is 2.94. The molecular formula is C16H21NO3. The Morgan fingerprint density at radius 2 is 1.95 bits per heavy atom. The molecule has 1 aromatic rings. The summed E-state index contributed by atoms with van der Waals surface area (Å²) in [5.74, 6) is -0.524. The molecular weight excluding hydrogens is 254 g/mol. The molecule has 1 atom stereocenters. The molecule has 1 aromatic carbocycles. The van der Waals surface area contributed by atoms with Gasteiger partial charge in [-0.15, -0.1) is 0 Å². The van der Waals surface area contributed by atoms with Gasteiger partial charge in [-0.3, -0.25) is 4.79 Å². The third-order valence-electron chi connectivity index (χ3n) is 4.09. The average Bonchev–Trinajstić information content (AvgIpc) is 2.92. The smallest absolute Gasteiger partial charge is 0.335 e. The zero-order valence-electron chi connectivity index (χ0n) is 11.8. The maximum atomic E-state index is 12.1. The molecule has 20 heavy (non-hydrogen) atoms. The number of aromatic carboxylic acids is 1. The van der Waals surface area contributed by atoms with Gasteiger partial charge >= 0.3 is 5.97 Å². The van der Waals surface area contributed by atoms with Gasteiger partial charge in [-0.1, -0.05) is 31.0 Å². The molecule has 0 aliphatic heterocycles. The van der Waals surface area contributed by atoms with Crippen LogP contribution in [0.25, 0.3) is 0 Å². The number of nitrogens with one attached hydrogen (secondary N) is 1. The maximum absolute atomic E-state index is 12.1. The van der Waals surface area contributed by atoms with Gasteiger partial charge in [0.05, 0.1) is 12.0 Å². The normalized spacial score (nSPS) is 16.9. The van der Waals surface area contributed by atoms with E-state index in [-0.39, 0.29) is 23.9 Å². The monoisotopic (exact) mass is 275 g/mol. The molecule has 1 aliphatic carbocycles. The zero-order valence-corrected chi connectivity index (χ0v) is 11.8. The van der Waals surface area contributed by atoms with E-state index in [0.717, 1.165) is 0 Å². The van der Waals surface area contributed by atoms with E-state index in [4.69, 9.17) is 5.11 Å². The van der Waals surface area contributed by atoms with Gasteiger partial charge in [0.2, 0.25) is 5.91 Å². The third kappa shape index (κ3) is 3.59. The number of hydrogen-bond acceptors (Lipinski definition) is 2. The van der Waals surface area contributed by atoms with Crippen LogP contribution in [0.3, 0.4) is 0 Å². The summed E-state index contributed by atoms with van der Waals surface area (Å²) < 4.78 is 0. The van der Waals surface area contributed by atoms with Gasteiger partial charge in [-0.05, 0) is 37.3 Å². The van der Waals surface area contributed by atoms with Crippen molar-refractivity contribution in [2.24, 2.45) is 5.92 Å². The lowest BCUT2D eigenvalue weighted by Crippen LogP contribution is -2.38. The molecule has 1 aliphatic rings.